The van der Waals surface area contributed by atoms with Gasteiger partial charge in [-0.3, -0.25) is 9.59 Å². The molecule has 0 aliphatic carbocycles. The zero-order valence-corrected chi connectivity index (χ0v) is 28.6. The van der Waals surface area contributed by atoms with Crippen molar-refractivity contribution >= 4 is 23.2 Å². The summed E-state index contributed by atoms with van der Waals surface area (Å²) in [6, 6.07) is 7.04. The molecule has 3 rings (SSSR count). The summed E-state index contributed by atoms with van der Waals surface area (Å²) in [6.07, 6.45) is 9.21. The fourth-order valence-electron chi connectivity index (χ4n) is 5.95. The predicted molar refractivity (Wildman–Crippen MR) is 182 cm³/mol. The largest absolute Gasteiger partial charge is 0.391 e. The van der Waals surface area contributed by atoms with Crippen LogP contribution >= 0.6 is 11.3 Å². The summed E-state index contributed by atoms with van der Waals surface area (Å²) in [5.74, 6) is -0.368. The van der Waals surface area contributed by atoms with Gasteiger partial charge in [-0.1, -0.05) is 95.6 Å². The van der Waals surface area contributed by atoms with E-state index in [2.05, 4.69) is 32.6 Å². The molecule has 1 unspecified atom stereocenters. The van der Waals surface area contributed by atoms with Crippen LogP contribution in [0.4, 0.5) is 0 Å². The van der Waals surface area contributed by atoms with Gasteiger partial charge in [0.2, 0.25) is 11.8 Å². The van der Waals surface area contributed by atoms with E-state index in [4.69, 9.17) is 5.53 Å². The highest BCUT2D eigenvalue weighted by molar-refractivity contribution is 7.13. The molecule has 1 aromatic heterocycles. The van der Waals surface area contributed by atoms with Gasteiger partial charge in [-0.15, -0.1) is 11.3 Å². The van der Waals surface area contributed by atoms with Crippen molar-refractivity contribution in [1.29, 1.82) is 0 Å². The molecule has 0 saturated carbocycles. The molecule has 0 bridgehead atoms. The van der Waals surface area contributed by atoms with Gasteiger partial charge < -0.3 is 20.6 Å². The molecule has 11 heteroatoms. The Balaban J connectivity index is 1.44. The molecule has 2 aromatic rings. The van der Waals surface area contributed by atoms with E-state index in [1.54, 1.807) is 16.2 Å². The van der Waals surface area contributed by atoms with Gasteiger partial charge in [-0.05, 0) is 54.8 Å². The first-order chi connectivity index (χ1) is 21.5. The van der Waals surface area contributed by atoms with Crippen LogP contribution in [0.25, 0.3) is 20.9 Å². The number of aliphatic hydroxyl groups excluding tert-OH is 1. The number of azide groups is 1. The number of aryl methyl sites for hydroxylation is 1. The van der Waals surface area contributed by atoms with Crippen molar-refractivity contribution in [1.82, 2.24) is 20.5 Å². The molecular weight excluding hydrogens is 586 g/mol. The smallest absolute Gasteiger partial charge is 0.243 e. The molecule has 4 atom stereocenters. The van der Waals surface area contributed by atoms with Gasteiger partial charge in [0.25, 0.3) is 0 Å². The molecule has 1 fully saturated rings. The van der Waals surface area contributed by atoms with E-state index < -0.39 is 18.2 Å². The second-order valence-corrected chi connectivity index (χ2v) is 14.2. The Labute approximate surface area is 273 Å². The van der Waals surface area contributed by atoms with Crippen LogP contribution in [0.2, 0.25) is 0 Å². The molecule has 10 nitrogen and oxygen atoms in total. The number of aromatic nitrogens is 1. The molecule has 1 aliphatic rings. The number of carbonyl (C=O) groups is 2. The summed E-state index contributed by atoms with van der Waals surface area (Å²) in [6.45, 7) is 11.4. The van der Waals surface area contributed by atoms with Gasteiger partial charge in [0.15, 0.2) is 0 Å². The first kappa shape index (κ1) is 36.5. The minimum absolute atomic E-state index is 0.121. The zero-order chi connectivity index (χ0) is 32.8. The van der Waals surface area contributed by atoms with Crippen molar-refractivity contribution in [2.45, 2.75) is 130 Å². The van der Waals surface area contributed by atoms with E-state index in [0.29, 0.717) is 6.54 Å². The second kappa shape index (κ2) is 18.2. The van der Waals surface area contributed by atoms with Gasteiger partial charge in [0.1, 0.15) is 6.04 Å². The van der Waals surface area contributed by atoms with E-state index in [9.17, 15) is 14.7 Å². The fourth-order valence-corrected chi connectivity index (χ4v) is 6.76. The Morgan fingerprint density at radius 3 is 2.40 bits per heavy atom. The summed E-state index contributed by atoms with van der Waals surface area (Å²) in [7, 11) is 0. The number of aliphatic hydroxyl groups is 1. The van der Waals surface area contributed by atoms with E-state index in [1.165, 1.54) is 12.8 Å². The van der Waals surface area contributed by atoms with Crippen LogP contribution in [0.1, 0.15) is 103 Å². The Hall–Kier alpha value is -2.98. The number of carbonyl (C=O) groups excluding carboxylic acids is 2. The lowest BCUT2D eigenvalue weighted by Gasteiger charge is -2.35. The maximum Gasteiger partial charge on any atom is 0.243 e. The average molecular weight is 640 g/mol. The number of nitrogens with zero attached hydrogens (tertiary/aromatic N) is 5. The second-order valence-electron chi connectivity index (χ2n) is 13.4. The van der Waals surface area contributed by atoms with E-state index in [-0.39, 0.29) is 36.2 Å². The summed E-state index contributed by atoms with van der Waals surface area (Å²) in [4.78, 5) is 37.1. The minimum atomic E-state index is -0.723. The number of rotatable bonds is 18. The number of hydrogen-bond donors (Lipinski definition) is 3. The SMILES string of the molecule is CCC(CCCCCCCCCN[C@H](C(=O)N1C[C@H](O)C[C@H]1C(=O)NCc1ccc(-c2scnc2C)cc1)C(C)(C)C)N=[N+]=[N-]. The monoisotopic (exact) mass is 639 g/mol. The molecule has 0 spiro atoms. The number of thiazole rings is 1. The predicted octanol–water partition coefficient (Wildman–Crippen LogP) is 6.91. The zero-order valence-electron chi connectivity index (χ0n) is 27.8. The molecule has 3 N–H and O–H groups in total. The number of β-amino-alcohol motifs (C(OH)–C–C–N with tert-alkyl or cyclic N) is 1. The molecular formula is C34H53N7O3S. The molecule has 2 amide bonds. The van der Waals surface area contributed by atoms with Crippen molar-refractivity contribution in [2.75, 3.05) is 13.1 Å². The number of likely N-dealkylation sites (tertiary alicyclic amines) is 1. The molecule has 1 saturated heterocycles. The summed E-state index contributed by atoms with van der Waals surface area (Å²) in [5, 5.41) is 20.8. The normalized spacial score (nSPS) is 18.0. The highest BCUT2D eigenvalue weighted by Gasteiger charge is 2.43. The van der Waals surface area contributed by atoms with E-state index in [1.807, 2.05) is 57.5 Å². The quantitative estimate of drug-likeness (QED) is 0.0703. The molecule has 1 aromatic carbocycles. The number of amides is 2. The lowest BCUT2D eigenvalue weighted by Crippen LogP contribution is -2.56. The third kappa shape index (κ3) is 11.4. The third-order valence-corrected chi connectivity index (χ3v) is 9.63. The van der Waals surface area contributed by atoms with Crippen LogP contribution in [0.3, 0.4) is 0 Å². The number of benzene rings is 1. The van der Waals surface area contributed by atoms with E-state index >= 15 is 0 Å². The van der Waals surface area contributed by atoms with Crippen molar-refractivity contribution in [3.05, 3.63) is 51.5 Å². The van der Waals surface area contributed by atoms with Crippen molar-refractivity contribution in [3.63, 3.8) is 0 Å². The van der Waals surface area contributed by atoms with Gasteiger partial charge in [0, 0.05) is 30.5 Å². The minimum Gasteiger partial charge on any atom is -0.391 e. The Morgan fingerprint density at radius 1 is 1.13 bits per heavy atom. The lowest BCUT2D eigenvalue weighted by molar-refractivity contribution is -0.142. The van der Waals surface area contributed by atoms with Gasteiger partial charge in [0.05, 0.1) is 28.2 Å². The van der Waals surface area contributed by atoms with Gasteiger partial charge in [-0.2, -0.15) is 0 Å². The van der Waals surface area contributed by atoms with Crippen LogP contribution in [-0.4, -0.2) is 64.1 Å². The fraction of sp³-hybridized carbons (Fsp3) is 0.676. The molecule has 248 valence electrons. The summed E-state index contributed by atoms with van der Waals surface area (Å²) in [5.41, 5.74) is 13.2. The van der Waals surface area contributed by atoms with Crippen LogP contribution in [0.5, 0.6) is 0 Å². The number of nitrogens with one attached hydrogen (secondary N) is 2. The number of unbranched alkanes of at least 4 members (excludes halogenated alkanes) is 6. The average Bonchev–Trinajstić information content (AvgIpc) is 3.62. The summed E-state index contributed by atoms with van der Waals surface area (Å²) < 4.78 is 0. The maximum atomic E-state index is 13.8. The van der Waals surface area contributed by atoms with Crippen molar-refractivity contribution < 1.29 is 14.7 Å². The van der Waals surface area contributed by atoms with Crippen molar-refractivity contribution in [3.8, 4) is 10.4 Å². The summed E-state index contributed by atoms with van der Waals surface area (Å²) >= 11 is 1.61. The molecule has 1 aliphatic heterocycles. The first-order valence-corrected chi connectivity index (χ1v) is 17.5. The lowest BCUT2D eigenvalue weighted by atomic mass is 9.85. The van der Waals surface area contributed by atoms with Crippen LogP contribution in [-0.2, 0) is 16.1 Å². The van der Waals surface area contributed by atoms with Crippen molar-refractivity contribution in [2.24, 2.45) is 10.5 Å². The Kier molecular flexibility index (Phi) is 14.8. The molecule has 0 radical (unpaired) electrons. The van der Waals surface area contributed by atoms with Crippen LogP contribution in [0, 0.1) is 12.3 Å². The first-order valence-electron chi connectivity index (χ1n) is 16.6. The highest BCUT2D eigenvalue weighted by Crippen LogP contribution is 2.28. The standard InChI is InChI=1S/C34H53N7O3S/c1-6-27(39-40-35)14-12-10-8-7-9-11-13-19-36-31(34(3,4)5)33(44)41-22-28(42)20-29(41)32(43)37-21-25-15-17-26(18-16-25)30-24(2)38-23-45-30/h15-18,23,27-29,31,36,42H,6-14,19-22H2,1-5H3,(H,37,43)/t27?,28-,29+,31-/m1/s1. The van der Waals surface area contributed by atoms with Crippen LogP contribution < -0.4 is 10.6 Å². The topological polar surface area (TPSA) is 143 Å². The highest BCUT2D eigenvalue weighted by atomic mass is 32.1. The van der Waals surface area contributed by atoms with Gasteiger partial charge in [-0.25, -0.2) is 4.98 Å². The Bertz CT molecular complexity index is 1250. The molecule has 2 heterocycles. The third-order valence-electron chi connectivity index (χ3n) is 8.65. The molecule has 45 heavy (non-hydrogen) atoms. The van der Waals surface area contributed by atoms with Gasteiger partial charge >= 0.3 is 0 Å². The number of hydrogen-bond acceptors (Lipinski definition) is 7. The Morgan fingerprint density at radius 2 is 1.80 bits per heavy atom. The maximum absolute atomic E-state index is 13.8. The van der Waals surface area contributed by atoms with Crippen LogP contribution in [0.15, 0.2) is 34.9 Å². The van der Waals surface area contributed by atoms with E-state index in [0.717, 1.165) is 73.2 Å².